The zero-order valence-electron chi connectivity index (χ0n) is 15.0. The van der Waals surface area contributed by atoms with Crippen LogP contribution < -0.4 is 4.74 Å². The van der Waals surface area contributed by atoms with Gasteiger partial charge in [0.1, 0.15) is 18.5 Å². The molecule has 1 heterocycles. The van der Waals surface area contributed by atoms with Crippen LogP contribution in [0.5, 0.6) is 5.75 Å². The molecule has 0 N–H and O–H groups in total. The number of benzene rings is 2. The molecule has 1 saturated heterocycles. The first kappa shape index (κ1) is 17.3. The second-order valence-electron chi connectivity index (χ2n) is 7.09. The summed E-state index contributed by atoms with van der Waals surface area (Å²) in [6, 6.07) is 10.2. The Morgan fingerprint density at radius 3 is 2.85 bits per heavy atom. The normalized spacial score (nSPS) is 21.2. The number of hydrogen-bond acceptors (Lipinski definition) is 3. The van der Waals surface area contributed by atoms with E-state index in [4.69, 9.17) is 9.47 Å². The fourth-order valence-corrected chi connectivity index (χ4v) is 4.49. The molecule has 0 spiro atoms. The largest absolute Gasteiger partial charge is 0.489 e. The number of hydrogen-bond donors (Lipinski definition) is 0. The molecule has 2 aromatic carbocycles. The van der Waals surface area contributed by atoms with E-state index in [0.717, 1.165) is 39.8 Å². The van der Waals surface area contributed by atoms with E-state index >= 15 is 0 Å². The van der Waals surface area contributed by atoms with Crippen molar-refractivity contribution < 1.29 is 14.3 Å². The molecule has 2 aliphatic rings. The summed E-state index contributed by atoms with van der Waals surface area (Å²) in [5, 5.41) is 0. The van der Waals surface area contributed by atoms with Crippen molar-refractivity contribution in [3.05, 3.63) is 74.8 Å². The van der Waals surface area contributed by atoms with Crippen LogP contribution in [0.15, 0.2) is 47.0 Å². The second kappa shape index (κ2) is 6.58. The molecule has 1 aliphatic heterocycles. The predicted molar refractivity (Wildman–Crippen MR) is 104 cm³/mol. The third-order valence-corrected chi connectivity index (χ3v) is 6.34. The van der Waals surface area contributed by atoms with Gasteiger partial charge >= 0.3 is 5.97 Å². The van der Waals surface area contributed by atoms with Gasteiger partial charge in [0.2, 0.25) is 0 Å². The minimum atomic E-state index is -0.260. The van der Waals surface area contributed by atoms with Crippen LogP contribution in [-0.4, -0.2) is 5.97 Å². The maximum atomic E-state index is 12.0. The lowest BCUT2D eigenvalue weighted by Gasteiger charge is -2.30. The van der Waals surface area contributed by atoms with Crippen molar-refractivity contribution in [2.45, 2.75) is 39.4 Å². The van der Waals surface area contributed by atoms with Crippen LogP contribution in [0.25, 0.3) is 0 Å². The van der Waals surface area contributed by atoms with Gasteiger partial charge in [-0.1, -0.05) is 40.7 Å². The first-order valence-electron chi connectivity index (χ1n) is 8.86. The monoisotopic (exact) mass is 412 g/mol. The van der Waals surface area contributed by atoms with Crippen molar-refractivity contribution >= 4 is 21.9 Å². The highest BCUT2D eigenvalue weighted by molar-refractivity contribution is 9.10. The van der Waals surface area contributed by atoms with Gasteiger partial charge in [-0.25, -0.2) is 4.79 Å². The van der Waals surface area contributed by atoms with E-state index in [0.29, 0.717) is 12.2 Å². The molecule has 0 unspecified atom stereocenters. The standard InChI is InChI=1S/C22H21BrO3/c1-12-10-19(25-11-15-6-4-5-7-18(15)23)14(3)20-16(12)8-9-17-13(2)22(24)26-21(17)20/h4-7,10,17,21H,2,8-9,11H2,1,3H3/t17-,21+/m1/s1. The lowest BCUT2D eigenvalue weighted by molar-refractivity contribution is -0.139. The third-order valence-electron chi connectivity index (χ3n) is 5.56. The quantitative estimate of drug-likeness (QED) is 0.502. The summed E-state index contributed by atoms with van der Waals surface area (Å²) in [7, 11) is 0. The highest BCUT2D eigenvalue weighted by Gasteiger charge is 2.44. The Balaban J connectivity index is 1.69. The summed E-state index contributed by atoms with van der Waals surface area (Å²) < 4.78 is 12.9. The van der Waals surface area contributed by atoms with Crippen molar-refractivity contribution in [2.24, 2.45) is 5.92 Å². The summed E-state index contributed by atoms with van der Waals surface area (Å²) >= 11 is 3.57. The van der Waals surface area contributed by atoms with Crippen LogP contribution >= 0.6 is 15.9 Å². The first-order chi connectivity index (χ1) is 12.5. The van der Waals surface area contributed by atoms with Crippen LogP contribution in [0, 0.1) is 19.8 Å². The van der Waals surface area contributed by atoms with Gasteiger partial charge in [0.25, 0.3) is 0 Å². The zero-order chi connectivity index (χ0) is 18.4. The minimum Gasteiger partial charge on any atom is -0.489 e. The number of halogens is 1. The molecule has 2 aromatic rings. The number of aryl methyl sites for hydroxylation is 1. The maximum Gasteiger partial charge on any atom is 0.334 e. The molecule has 134 valence electrons. The fourth-order valence-electron chi connectivity index (χ4n) is 4.09. The Bertz CT molecular complexity index is 916. The molecular weight excluding hydrogens is 392 g/mol. The molecule has 0 bridgehead atoms. The molecule has 4 heteroatoms. The summed E-state index contributed by atoms with van der Waals surface area (Å²) in [6.07, 6.45) is 1.65. The van der Waals surface area contributed by atoms with Crippen LogP contribution in [0.3, 0.4) is 0 Å². The number of rotatable bonds is 3. The third kappa shape index (κ3) is 2.77. The number of ether oxygens (including phenoxy) is 2. The zero-order valence-corrected chi connectivity index (χ0v) is 16.6. The molecule has 3 nitrogen and oxygen atoms in total. The van der Waals surface area contributed by atoms with Gasteiger partial charge in [0.15, 0.2) is 0 Å². The van der Waals surface area contributed by atoms with Crippen molar-refractivity contribution in [1.82, 2.24) is 0 Å². The van der Waals surface area contributed by atoms with Gasteiger partial charge in [-0.05, 0) is 55.5 Å². The molecule has 1 aliphatic carbocycles. The van der Waals surface area contributed by atoms with E-state index in [1.165, 1.54) is 11.1 Å². The lowest BCUT2D eigenvalue weighted by Crippen LogP contribution is -2.20. The summed E-state index contributed by atoms with van der Waals surface area (Å²) in [5.41, 5.74) is 6.38. The Hall–Kier alpha value is -2.07. The van der Waals surface area contributed by atoms with E-state index in [-0.39, 0.29) is 18.0 Å². The van der Waals surface area contributed by atoms with Gasteiger partial charge in [-0.3, -0.25) is 0 Å². The van der Waals surface area contributed by atoms with Gasteiger partial charge in [-0.15, -0.1) is 0 Å². The van der Waals surface area contributed by atoms with Crippen molar-refractivity contribution in [1.29, 1.82) is 0 Å². The molecule has 0 aromatic heterocycles. The van der Waals surface area contributed by atoms with Crippen molar-refractivity contribution in [3.63, 3.8) is 0 Å². The molecule has 4 rings (SSSR count). The molecular formula is C22H21BrO3. The second-order valence-corrected chi connectivity index (χ2v) is 7.94. The van der Waals surface area contributed by atoms with Crippen LogP contribution in [0.4, 0.5) is 0 Å². The highest BCUT2D eigenvalue weighted by atomic mass is 79.9. The summed E-state index contributed by atoms with van der Waals surface area (Å²) in [6.45, 7) is 8.60. The average molecular weight is 413 g/mol. The van der Waals surface area contributed by atoms with Crippen molar-refractivity contribution in [3.8, 4) is 5.75 Å². The first-order valence-corrected chi connectivity index (χ1v) is 9.65. The van der Waals surface area contributed by atoms with Gasteiger partial charge in [0, 0.05) is 27.1 Å². The van der Waals surface area contributed by atoms with Crippen LogP contribution in [0.1, 0.15) is 40.3 Å². The average Bonchev–Trinajstić information content (AvgIpc) is 2.92. The lowest BCUT2D eigenvalue weighted by atomic mass is 9.76. The fraction of sp³-hybridized carbons (Fsp3) is 0.318. The Morgan fingerprint density at radius 1 is 1.31 bits per heavy atom. The van der Waals surface area contributed by atoms with E-state index < -0.39 is 0 Å². The highest BCUT2D eigenvalue weighted by Crippen LogP contribution is 2.49. The van der Waals surface area contributed by atoms with Gasteiger partial charge in [0.05, 0.1) is 0 Å². The minimum absolute atomic E-state index is 0.0895. The van der Waals surface area contributed by atoms with Crippen LogP contribution in [0.2, 0.25) is 0 Å². The number of esters is 1. The Kier molecular flexibility index (Phi) is 4.39. The predicted octanol–water partition coefficient (Wildman–Crippen LogP) is 5.36. The summed E-state index contributed by atoms with van der Waals surface area (Å²) in [5.74, 6) is 0.683. The molecule has 0 amide bonds. The Labute approximate surface area is 162 Å². The van der Waals surface area contributed by atoms with E-state index in [2.05, 4.69) is 42.4 Å². The molecule has 2 atom stereocenters. The number of carbonyl (C=O) groups is 1. The summed E-state index contributed by atoms with van der Waals surface area (Å²) in [4.78, 5) is 12.0. The maximum absolute atomic E-state index is 12.0. The molecule has 0 radical (unpaired) electrons. The SMILES string of the molecule is C=C1C(=O)O[C@@H]2c3c(C)c(OCc4ccccc4Br)cc(C)c3CC[C@H]12. The molecule has 26 heavy (non-hydrogen) atoms. The topological polar surface area (TPSA) is 35.5 Å². The van der Waals surface area contributed by atoms with E-state index in [9.17, 15) is 4.79 Å². The van der Waals surface area contributed by atoms with Gasteiger partial charge in [-0.2, -0.15) is 0 Å². The van der Waals surface area contributed by atoms with Crippen molar-refractivity contribution in [2.75, 3.05) is 0 Å². The number of fused-ring (bicyclic) bond motifs is 3. The molecule has 1 fully saturated rings. The molecule has 0 saturated carbocycles. The van der Waals surface area contributed by atoms with E-state index in [1.54, 1.807) is 0 Å². The van der Waals surface area contributed by atoms with Crippen LogP contribution in [-0.2, 0) is 22.6 Å². The van der Waals surface area contributed by atoms with Gasteiger partial charge < -0.3 is 9.47 Å². The number of carbonyl (C=O) groups excluding carboxylic acids is 1. The smallest absolute Gasteiger partial charge is 0.334 e. The Morgan fingerprint density at radius 2 is 2.08 bits per heavy atom. The van der Waals surface area contributed by atoms with E-state index in [1.807, 2.05) is 24.3 Å².